The van der Waals surface area contributed by atoms with Crippen LogP contribution in [-0.2, 0) is 13.0 Å². The molecule has 0 fully saturated rings. The fraction of sp³-hybridized carbons (Fsp3) is 0.273. The second-order valence-corrected chi connectivity index (χ2v) is 3.94. The Balaban J connectivity index is 1.72. The topological polar surface area (TPSA) is 109 Å². The molecule has 0 saturated heterocycles. The minimum Gasteiger partial charge on any atom is -0.459 e. The van der Waals surface area contributed by atoms with Crippen molar-refractivity contribution < 1.29 is 8.94 Å². The first-order chi connectivity index (χ1) is 9.35. The highest BCUT2D eigenvalue weighted by Crippen LogP contribution is 2.17. The number of furan rings is 1. The summed E-state index contributed by atoms with van der Waals surface area (Å²) in [6, 6.07) is 3.52. The Kier molecular flexibility index (Phi) is 3.07. The Morgan fingerprint density at radius 1 is 1.37 bits per heavy atom. The number of nitrogens with two attached hydrogens (primary N) is 1. The molecular weight excluding hydrogens is 248 g/mol. The van der Waals surface area contributed by atoms with Crippen molar-refractivity contribution in [2.24, 2.45) is 5.73 Å². The van der Waals surface area contributed by atoms with Crippen molar-refractivity contribution in [1.29, 1.82) is 0 Å². The molecule has 0 aliphatic carbocycles. The summed E-state index contributed by atoms with van der Waals surface area (Å²) >= 11 is 0. The van der Waals surface area contributed by atoms with Crippen molar-refractivity contribution in [2.45, 2.75) is 13.0 Å². The molecule has 3 rings (SSSR count). The molecule has 3 aromatic heterocycles. The Hall–Kier alpha value is -2.48. The molecule has 3 aromatic rings. The summed E-state index contributed by atoms with van der Waals surface area (Å²) in [5.74, 6) is 1.40. The lowest BCUT2D eigenvalue weighted by atomic mass is 10.3. The van der Waals surface area contributed by atoms with Crippen LogP contribution in [0.1, 0.15) is 11.5 Å². The molecule has 0 aliphatic rings. The molecule has 19 heavy (non-hydrogen) atoms. The third kappa shape index (κ3) is 2.52. The summed E-state index contributed by atoms with van der Waals surface area (Å²) in [6.07, 6.45) is 4.06. The van der Waals surface area contributed by atoms with Gasteiger partial charge in [-0.05, 0) is 18.7 Å². The minimum absolute atomic E-state index is 0.349. The minimum atomic E-state index is 0.349. The van der Waals surface area contributed by atoms with Gasteiger partial charge in [-0.2, -0.15) is 4.98 Å². The van der Waals surface area contributed by atoms with Crippen LogP contribution in [0.3, 0.4) is 0 Å². The Morgan fingerprint density at radius 3 is 3.11 bits per heavy atom. The van der Waals surface area contributed by atoms with Crippen LogP contribution in [0.2, 0.25) is 0 Å². The van der Waals surface area contributed by atoms with Gasteiger partial charge in [0, 0.05) is 12.6 Å². The smallest absolute Gasteiger partial charge is 0.293 e. The van der Waals surface area contributed by atoms with Crippen molar-refractivity contribution in [1.82, 2.24) is 25.1 Å². The van der Waals surface area contributed by atoms with Crippen molar-refractivity contribution in [3.8, 4) is 11.7 Å². The molecule has 0 radical (unpaired) electrons. The van der Waals surface area contributed by atoms with E-state index < -0.39 is 0 Å². The average Bonchev–Trinajstić information content (AvgIpc) is 3.10. The van der Waals surface area contributed by atoms with Gasteiger partial charge in [0.25, 0.3) is 5.89 Å². The first kappa shape index (κ1) is 11.6. The third-order valence-electron chi connectivity index (χ3n) is 2.49. The predicted octanol–water partition coefficient (Wildman–Crippen LogP) is 0.471. The number of aromatic nitrogens is 5. The van der Waals surface area contributed by atoms with E-state index in [1.54, 1.807) is 23.1 Å². The Morgan fingerprint density at radius 2 is 2.32 bits per heavy atom. The van der Waals surface area contributed by atoms with Crippen LogP contribution in [0.15, 0.2) is 33.5 Å². The summed E-state index contributed by atoms with van der Waals surface area (Å²) in [5.41, 5.74) is 6.30. The lowest BCUT2D eigenvalue weighted by molar-refractivity contribution is 0.406. The van der Waals surface area contributed by atoms with Crippen molar-refractivity contribution >= 4 is 0 Å². The van der Waals surface area contributed by atoms with Gasteiger partial charge in [0.1, 0.15) is 6.54 Å². The Labute approximate surface area is 108 Å². The molecule has 98 valence electrons. The van der Waals surface area contributed by atoms with Gasteiger partial charge in [-0.1, -0.05) is 10.4 Å². The van der Waals surface area contributed by atoms with Crippen LogP contribution in [0, 0.1) is 0 Å². The summed E-state index contributed by atoms with van der Waals surface area (Å²) in [7, 11) is 0. The highest BCUT2D eigenvalue weighted by molar-refractivity contribution is 5.42. The van der Waals surface area contributed by atoms with Gasteiger partial charge in [-0.15, -0.1) is 5.10 Å². The first-order valence-electron chi connectivity index (χ1n) is 5.80. The summed E-state index contributed by atoms with van der Waals surface area (Å²) in [6.45, 7) is 0.936. The van der Waals surface area contributed by atoms with E-state index in [0.29, 0.717) is 37.0 Å². The van der Waals surface area contributed by atoms with Crippen molar-refractivity contribution in [3.63, 3.8) is 0 Å². The standard InChI is InChI=1S/C11H12N6O2/c12-4-3-8-6-17(16-14-8)7-10-13-11(19-15-10)9-2-1-5-18-9/h1-2,5-6H,3-4,7,12H2. The van der Waals surface area contributed by atoms with Crippen LogP contribution in [0.5, 0.6) is 0 Å². The lowest BCUT2D eigenvalue weighted by Crippen LogP contribution is -2.03. The second kappa shape index (κ2) is 5.02. The van der Waals surface area contributed by atoms with Gasteiger partial charge in [-0.25, -0.2) is 4.68 Å². The lowest BCUT2D eigenvalue weighted by Gasteiger charge is -1.92. The summed E-state index contributed by atoms with van der Waals surface area (Å²) in [5, 5.41) is 11.8. The fourth-order valence-electron chi connectivity index (χ4n) is 1.64. The van der Waals surface area contributed by atoms with Gasteiger partial charge in [0.15, 0.2) is 11.6 Å². The zero-order valence-electron chi connectivity index (χ0n) is 10.1. The average molecular weight is 260 g/mol. The molecule has 0 spiro atoms. The van der Waals surface area contributed by atoms with Crippen LogP contribution >= 0.6 is 0 Å². The predicted molar refractivity (Wildman–Crippen MR) is 63.9 cm³/mol. The first-order valence-corrected chi connectivity index (χ1v) is 5.80. The van der Waals surface area contributed by atoms with E-state index in [4.69, 9.17) is 14.7 Å². The van der Waals surface area contributed by atoms with Gasteiger partial charge in [-0.3, -0.25) is 0 Å². The molecule has 8 heteroatoms. The van der Waals surface area contributed by atoms with E-state index in [-0.39, 0.29) is 0 Å². The number of hydrogen-bond donors (Lipinski definition) is 1. The molecule has 0 aromatic carbocycles. The molecule has 8 nitrogen and oxygen atoms in total. The molecule has 3 heterocycles. The summed E-state index contributed by atoms with van der Waals surface area (Å²) in [4.78, 5) is 4.22. The van der Waals surface area contributed by atoms with E-state index >= 15 is 0 Å². The van der Waals surface area contributed by atoms with Crippen LogP contribution in [-0.4, -0.2) is 31.7 Å². The number of hydrogen-bond acceptors (Lipinski definition) is 7. The molecule has 0 atom stereocenters. The SMILES string of the molecule is NCCc1cn(Cc2noc(-c3ccco3)n2)nn1. The van der Waals surface area contributed by atoms with E-state index in [1.165, 1.54) is 0 Å². The van der Waals surface area contributed by atoms with Crippen LogP contribution in [0.4, 0.5) is 0 Å². The highest BCUT2D eigenvalue weighted by atomic mass is 16.5. The molecule has 0 unspecified atom stereocenters. The van der Waals surface area contributed by atoms with Gasteiger partial charge in [0.05, 0.1) is 12.0 Å². The second-order valence-electron chi connectivity index (χ2n) is 3.94. The molecule has 0 saturated carbocycles. The fourth-order valence-corrected chi connectivity index (χ4v) is 1.64. The maximum absolute atomic E-state index is 5.45. The molecule has 0 bridgehead atoms. The van der Waals surface area contributed by atoms with Crippen molar-refractivity contribution in [2.75, 3.05) is 6.54 Å². The zero-order valence-corrected chi connectivity index (χ0v) is 10.1. The normalized spacial score (nSPS) is 11.0. The van der Waals surface area contributed by atoms with E-state index in [0.717, 1.165) is 5.69 Å². The van der Waals surface area contributed by atoms with Gasteiger partial charge >= 0.3 is 0 Å². The molecule has 2 N–H and O–H groups in total. The monoisotopic (exact) mass is 260 g/mol. The quantitative estimate of drug-likeness (QED) is 0.710. The van der Waals surface area contributed by atoms with E-state index in [9.17, 15) is 0 Å². The maximum atomic E-state index is 5.45. The number of nitrogens with zero attached hydrogens (tertiary/aromatic N) is 5. The largest absolute Gasteiger partial charge is 0.459 e. The molecule has 0 aliphatic heterocycles. The van der Waals surface area contributed by atoms with Crippen LogP contribution < -0.4 is 5.73 Å². The van der Waals surface area contributed by atoms with Crippen molar-refractivity contribution in [3.05, 3.63) is 36.1 Å². The molecule has 0 amide bonds. The van der Waals surface area contributed by atoms with Gasteiger partial charge < -0.3 is 14.7 Å². The summed E-state index contributed by atoms with van der Waals surface area (Å²) < 4.78 is 11.9. The van der Waals surface area contributed by atoms with E-state index in [2.05, 4.69) is 20.5 Å². The molecular formula is C11H12N6O2. The Bertz CT molecular complexity index is 642. The maximum Gasteiger partial charge on any atom is 0.293 e. The van der Waals surface area contributed by atoms with Crippen LogP contribution in [0.25, 0.3) is 11.7 Å². The third-order valence-corrected chi connectivity index (χ3v) is 2.49. The highest BCUT2D eigenvalue weighted by Gasteiger charge is 2.12. The number of rotatable bonds is 5. The van der Waals surface area contributed by atoms with E-state index in [1.807, 2.05) is 6.20 Å². The van der Waals surface area contributed by atoms with Gasteiger partial charge in [0.2, 0.25) is 0 Å². The zero-order chi connectivity index (χ0) is 13.1.